The Morgan fingerprint density at radius 2 is 2.00 bits per heavy atom. The quantitative estimate of drug-likeness (QED) is 0.431. The van der Waals surface area contributed by atoms with E-state index < -0.39 is 35.6 Å². The number of nitrogens with zero attached hydrogens (tertiary/aromatic N) is 6. The lowest BCUT2D eigenvalue weighted by molar-refractivity contribution is -0.291. The van der Waals surface area contributed by atoms with Gasteiger partial charge in [0.05, 0.1) is 30.1 Å². The van der Waals surface area contributed by atoms with Crippen molar-refractivity contribution >= 4 is 0 Å². The third kappa shape index (κ3) is 4.40. The Morgan fingerprint density at radius 1 is 1.20 bits per heavy atom. The van der Waals surface area contributed by atoms with Gasteiger partial charge in [-0.2, -0.15) is 27.2 Å². The lowest BCUT2D eigenvalue weighted by Gasteiger charge is -2.36. The average molecular weight is 497 g/mol. The van der Waals surface area contributed by atoms with E-state index in [4.69, 9.17) is 0 Å². The number of tetrazole rings is 1. The number of H-pyrrole nitrogens is 1. The van der Waals surface area contributed by atoms with Gasteiger partial charge in [-0.3, -0.25) is 0 Å². The fourth-order valence-electron chi connectivity index (χ4n) is 4.32. The lowest BCUT2D eigenvalue weighted by atomic mass is 9.89. The molecule has 13 heteroatoms. The van der Waals surface area contributed by atoms with Crippen LogP contribution < -0.4 is 0 Å². The molecule has 0 amide bonds. The number of aliphatic hydroxyl groups excluding tert-OH is 1. The number of nitrogens with one attached hydrogen (secondary N) is 1. The van der Waals surface area contributed by atoms with Crippen LogP contribution in [-0.4, -0.2) is 46.0 Å². The molecular formula is C22H24F5N7O. The molecule has 0 bridgehead atoms. The molecule has 1 unspecified atom stereocenters. The standard InChI is InChI=1S/C22H24F5N7O/c1-2-3-9-17-28-18(21(23,24)22(25,26)27)16(13-35)33(17)14-20(10-5-4-6-11-20)34-12-7-8-15(34)19-29-31-32-30-19/h4-8,10,12,35H,2-3,9,11,13-14H2,1H3,(H,29,30,31,32). The summed E-state index contributed by atoms with van der Waals surface area (Å²) in [6.45, 7) is 0.793. The third-order valence-electron chi connectivity index (χ3n) is 6.07. The predicted molar refractivity (Wildman–Crippen MR) is 115 cm³/mol. The van der Waals surface area contributed by atoms with Crippen molar-refractivity contribution in [3.05, 3.63) is 59.8 Å². The molecule has 4 rings (SSSR count). The van der Waals surface area contributed by atoms with Crippen molar-refractivity contribution in [1.29, 1.82) is 0 Å². The van der Waals surface area contributed by atoms with Crippen LogP contribution in [0.15, 0.2) is 42.6 Å². The van der Waals surface area contributed by atoms with Crippen molar-refractivity contribution in [3.8, 4) is 11.5 Å². The van der Waals surface area contributed by atoms with Gasteiger partial charge in [0.2, 0.25) is 5.82 Å². The van der Waals surface area contributed by atoms with E-state index in [-0.39, 0.29) is 18.8 Å². The third-order valence-corrected chi connectivity index (χ3v) is 6.07. The Kier molecular flexibility index (Phi) is 6.62. The van der Waals surface area contributed by atoms with Crippen molar-refractivity contribution in [2.24, 2.45) is 0 Å². The first kappa shape index (κ1) is 24.8. The molecule has 3 heterocycles. The van der Waals surface area contributed by atoms with Gasteiger partial charge in [0, 0.05) is 12.6 Å². The van der Waals surface area contributed by atoms with Gasteiger partial charge in [0.25, 0.3) is 0 Å². The molecule has 8 nitrogen and oxygen atoms in total. The average Bonchev–Trinajstić information content (AvgIpc) is 3.57. The van der Waals surface area contributed by atoms with Crippen LogP contribution in [0.1, 0.15) is 43.4 Å². The van der Waals surface area contributed by atoms with E-state index in [1.54, 1.807) is 24.4 Å². The minimum Gasteiger partial charge on any atom is -0.390 e. The van der Waals surface area contributed by atoms with Crippen molar-refractivity contribution in [2.45, 2.75) is 63.4 Å². The van der Waals surface area contributed by atoms with Gasteiger partial charge in [-0.25, -0.2) is 4.98 Å². The second-order valence-electron chi connectivity index (χ2n) is 8.34. The molecule has 3 aromatic heterocycles. The summed E-state index contributed by atoms with van der Waals surface area (Å²) in [4.78, 5) is 3.75. The van der Waals surface area contributed by atoms with Crippen LogP contribution in [0.3, 0.4) is 0 Å². The topological polar surface area (TPSA) is 97.4 Å². The van der Waals surface area contributed by atoms with E-state index >= 15 is 0 Å². The van der Waals surface area contributed by atoms with Crippen LogP contribution >= 0.6 is 0 Å². The number of halogens is 5. The number of hydrogen-bond acceptors (Lipinski definition) is 5. The second-order valence-corrected chi connectivity index (χ2v) is 8.34. The highest BCUT2D eigenvalue weighted by Gasteiger charge is 2.61. The number of unbranched alkanes of at least 4 members (excludes halogenated alkanes) is 1. The first-order chi connectivity index (χ1) is 16.6. The summed E-state index contributed by atoms with van der Waals surface area (Å²) in [6, 6.07) is 3.50. The van der Waals surface area contributed by atoms with Crippen LogP contribution in [0.4, 0.5) is 22.0 Å². The SMILES string of the molecule is CCCCc1nc(C(F)(F)C(F)(F)F)c(CO)n1CC1(n2cccc2-c2nn[nH]n2)C=CC=CC1. The molecule has 1 aliphatic carbocycles. The Hall–Kier alpha value is -3.35. The number of aryl methyl sites for hydroxylation is 1. The second kappa shape index (κ2) is 9.36. The number of imidazole rings is 1. The first-order valence-corrected chi connectivity index (χ1v) is 11.0. The lowest BCUT2D eigenvalue weighted by Crippen LogP contribution is -2.38. The Bertz CT molecular complexity index is 1210. The summed E-state index contributed by atoms with van der Waals surface area (Å²) >= 11 is 0. The maximum absolute atomic E-state index is 14.5. The highest BCUT2D eigenvalue weighted by molar-refractivity contribution is 5.50. The molecule has 0 fully saturated rings. The number of aromatic nitrogens is 7. The summed E-state index contributed by atoms with van der Waals surface area (Å²) in [7, 11) is 0. The van der Waals surface area contributed by atoms with Gasteiger partial charge in [0.1, 0.15) is 11.5 Å². The molecule has 0 radical (unpaired) electrons. The minimum atomic E-state index is -5.85. The van der Waals surface area contributed by atoms with Crippen LogP contribution in [0.2, 0.25) is 0 Å². The molecule has 0 spiro atoms. The van der Waals surface area contributed by atoms with Crippen LogP contribution in [-0.2, 0) is 31.0 Å². The van der Waals surface area contributed by atoms with E-state index in [0.717, 1.165) is 0 Å². The molecule has 35 heavy (non-hydrogen) atoms. The number of hydrogen-bond donors (Lipinski definition) is 2. The van der Waals surface area contributed by atoms with Crippen molar-refractivity contribution < 1.29 is 27.1 Å². The van der Waals surface area contributed by atoms with E-state index in [0.29, 0.717) is 30.8 Å². The Labute approximate surface area is 197 Å². The molecule has 0 aromatic carbocycles. The molecule has 0 aliphatic heterocycles. The normalized spacial score (nSPS) is 18.5. The summed E-state index contributed by atoms with van der Waals surface area (Å²) in [6.07, 6.45) is 4.97. The predicted octanol–water partition coefficient (Wildman–Crippen LogP) is 4.27. The maximum atomic E-state index is 14.5. The number of aliphatic hydroxyl groups is 1. The van der Waals surface area contributed by atoms with E-state index in [1.165, 1.54) is 4.57 Å². The number of alkyl halides is 5. The minimum absolute atomic E-state index is 0.0523. The number of allylic oxidation sites excluding steroid dienone is 4. The van der Waals surface area contributed by atoms with Crippen LogP contribution in [0.25, 0.3) is 11.5 Å². The molecule has 3 aromatic rings. The zero-order valence-electron chi connectivity index (χ0n) is 18.8. The molecular weight excluding hydrogens is 473 g/mol. The smallest absolute Gasteiger partial charge is 0.390 e. The molecule has 0 saturated heterocycles. The largest absolute Gasteiger partial charge is 0.459 e. The Morgan fingerprint density at radius 3 is 2.60 bits per heavy atom. The van der Waals surface area contributed by atoms with Gasteiger partial charge < -0.3 is 14.2 Å². The molecule has 1 aliphatic rings. The van der Waals surface area contributed by atoms with E-state index in [1.807, 2.05) is 29.7 Å². The van der Waals surface area contributed by atoms with Gasteiger partial charge in [-0.1, -0.05) is 37.6 Å². The zero-order chi connectivity index (χ0) is 25.3. The van der Waals surface area contributed by atoms with Crippen molar-refractivity contribution in [3.63, 3.8) is 0 Å². The van der Waals surface area contributed by atoms with Crippen LogP contribution in [0.5, 0.6) is 0 Å². The Balaban J connectivity index is 1.88. The highest BCUT2D eigenvalue weighted by atomic mass is 19.4. The monoisotopic (exact) mass is 497 g/mol. The number of rotatable bonds is 9. The summed E-state index contributed by atoms with van der Waals surface area (Å²) in [5.41, 5.74) is -2.38. The summed E-state index contributed by atoms with van der Waals surface area (Å²) < 4.78 is 71.8. The van der Waals surface area contributed by atoms with Gasteiger partial charge in [-0.05, 0) is 30.2 Å². The fourth-order valence-corrected chi connectivity index (χ4v) is 4.32. The van der Waals surface area contributed by atoms with Gasteiger partial charge >= 0.3 is 12.1 Å². The summed E-state index contributed by atoms with van der Waals surface area (Å²) in [5.74, 6) is -4.86. The van der Waals surface area contributed by atoms with Crippen molar-refractivity contribution in [1.82, 2.24) is 34.7 Å². The molecule has 188 valence electrons. The van der Waals surface area contributed by atoms with Gasteiger partial charge in [0.15, 0.2) is 0 Å². The zero-order valence-corrected chi connectivity index (χ0v) is 18.8. The van der Waals surface area contributed by atoms with E-state index in [2.05, 4.69) is 25.6 Å². The number of aromatic amines is 1. The van der Waals surface area contributed by atoms with Crippen molar-refractivity contribution in [2.75, 3.05) is 0 Å². The first-order valence-electron chi connectivity index (χ1n) is 11.0. The molecule has 0 saturated carbocycles. The van der Waals surface area contributed by atoms with Gasteiger partial charge in [-0.15, -0.1) is 10.2 Å². The summed E-state index contributed by atoms with van der Waals surface area (Å²) in [5, 5.41) is 24.0. The highest BCUT2D eigenvalue weighted by Crippen LogP contribution is 2.45. The van der Waals surface area contributed by atoms with Crippen LogP contribution in [0, 0.1) is 0 Å². The van der Waals surface area contributed by atoms with E-state index in [9.17, 15) is 27.1 Å². The molecule has 1 atom stereocenters. The fraction of sp³-hybridized carbons (Fsp3) is 0.455. The molecule has 2 N–H and O–H groups in total. The maximum Gasteiger partial charge on any atom is 0.459 e.